The van der Waals surface area contributed by atoms with Gasteiger partial charge in [0, 0.05) is 5.69 Å². The van der Waals surface area contributed by atoms with E-state index in [4.69, 9.17) is 0 Å². The van der Waals surface area contributed by atoms with Gasteiger partial charge in [0.2, 0.25) is 5.91 Å². The molecule has 3 heteroatoms. The molecular weight excluding hydrogens is 190 g/mol. The van der Waals surface area contributed by atoms with Crippen LogP contribution < -0.4 is 5.32 Å². The van der Waals surface area contributed by atoms with Crippen molar-refractivity contribution in [3.05, 3.63) is 29.8 Å². The molecule has 0 saturated heterocycles. The van der Waals surface area contributed by atoms with Gasteiger partial charge in [0.25, 0.3) is 0 Å². The Bertz CT molecular complexity index is 376. The molecule has 1 unspecified atom stereocenters. The van der Waals surface area contributed by atoms with Gasteiger partial charge in [0.15, 0.2) is 0 Å². The maximum Gasteiger partial charge on any atom is 0.232 e. The molecular formula is C12H15NO2. The van der Waals surface area contributed by atoms with Crippen molar-refractivity contribution in [1.82, 2.24) is 0 Å². The first-order valence-corrected chi connectivity index (χ1v) is 5.30. The summed E-state index contributed by atoms with van der Waals surface area (Å²) in [6, 6.07) is 7.66. The van der Waals surface area contributed by atoms with Crippen LogP contribution in [0.4, 0.5) is 5.69 Å². The van der Waals surface area contributed by atoms with Crippen molar-refractivity contribution in [1.29, 1.82) is 0 Å². The van der Waals surface area contributed by atoms with Crippen molar-refractivity contribution in [3.8, 4) is 0 Å². The Labute approximate surface area is 89.1 Å². The van der Waals surface area contributed by atoms with Crippen molar-refractivity contribution >= 4 is 11.6 Å². The molecule has 0 aromatic heterocycles. The van der Waals surface area contributed by atoms with Crippen LogP contribution in [-0.2, 0) is 4.79 Å². The number of hydrogen-bond donors (Lipinski definition) is 2. The molecule has 0 bridgehead atoms. The molecule has 0 fully saturated rings. The monoisotopic (exact) mass is 205 g/mol. The van der Waals surface area contributed by atoms with Gasteiger partial charge in [-0.2, -0.15) is 0 Å². The summed E-state index contributed by atoms with van der Waals surface area (Å²) >= 11 is 0. The summed E-state index contributed by atoms with van der Waals surface area (Å²) in [5, 5.41) is 12.4. The number of aliphatic hydroxyl groups is 1. The van der Waals surface area contributed by atoms with Crippen molar-refractivity contribution in [3.63, 3.8) is 0 Å². The molecule has 0 aliphatic carbocycles. The zero-order valence-corrected chi connectivity index (χ0v) is 8.73. The van der Waals surface area contributed by atoms with E-state index in [1.54, 1.807) is 0 Å². The van der Waals surface area contributed by atoms with Gasteiger partial charge in [0.1, 0.15) is 0 Å². The van der Waals surface area contributed by atoms with E-state index in [2.05, 4.69) is 5.32 Å². The molecule has 0 saturated carbocycles. The quantitative estimate of drug-likeness (QED) is 0.791. The first-order chi connectivity index (χ1) is 7.22. The zero-order valence-electron chi connectivity index (χ0n) is 8.73. The maximum absolute atomic E-state index is 11.7. The first kappa shape index (κ1) is 10.2. The molecule has 2 rings (SSSR count). The summed E-state index contributed by atoms with van der Waals surface area (Å²) in [5.74, 6) is -0.181. The highest BCUT2D eigenvalue weighted by Gasteiger charge is 2.31. The fraction of sp³-hybridized carbons (Fsp3) is 0.417. The average Bonchev–Trinajstić information content (AvgIpc) is 2.55. The number of anilines is 1. The molecule has 1 aromatic rings. The molecule has 1 aliphatic rings. The number of para-hydroxylation sites is 1. The van der Waals surface area contributed by atoms with Crippen LogP contribution in [0.3, 0.4) is 0 Å². The lowest BCUT2D eigenvalue weighted by molar-refractivity contribution is -0.117. The Morgan fingerprint density at radius 1 is 1.47 bits per heavy atom. The molecule has 2 atom stereocenters. The topological polar surface area (TPSA) is 49.3 Å². The van der Waals surface area contributed by atoms with E-state index in [1.165, 1.54) is 0 Å². The molecule has 3 nitrogen and oxygen atoms in total. The van der Waals surface area contributed by atoms with Gasteiger partial charge in [0.05, 0.1) is 12.0 Å². The lowest BCUT2D eigenvalue weighted by Gasteiger charge is -2.12. The SMILES string of the molecule is CC[C@H](O)CC1C(=O)Nc2ccccc21. The normalized spacial score (nSPS) is 20.9. The number of amides is 1. The van der Waals surface area contributed by atoms with Gasteiger partial charge < -0.3 is 10.4 Å². The van der Waals surface area contributed by atoms with Crippen molar-refractivity contribution in [2.24, 2.45) is 0 Å². The highest BCUT2D eigenvalue weighted by Crippen LogP contribution is 2.35. The van der Waals surface area contributed by atoms with E-state index in [0.717, 1.165) is 11.3 Å². The largest absolute Gasteiger partial charge is 0.393 e. The van der Waals surface area contributed by atoms with E-state index >= 15 is 0 Å². The molecule has 80 valence electrons. The Balaban J connectivity index is 2.22. The van der Waals surface area contributed by atoms with Crippen molar-refractivity contribution in [2.45, 2.75) is 31.8 Å². The Morgan fingerprint density at radius 2 is 2.20 bits per heavy atom. The number of hydrogen-bond acceptors (Lipinski definition) is 2. The lowest BCUT2D eigenvalue weighted by Crippen LogP contribution is -2.18. The number of rotatable bonds is 3. The first-order valence-electron chi connectivity index (χ1n) is 5.30. The number of aliphatic hydroxyl groups excluding tert-OH is 1. The second kappa shape index (κ2) is 4.03. The summed E-state index contributed by atoms with van der Waals surface area (Å²) in [6.07, 6.45) is 0.803. The number of fused-ring (bicyclic) bond motifs is 1. The minimum absolute atomic E-state index is 0.00343. The smallest absolute Gasteiger partial charge is 0.232 e. The van der Waals surface area contributed by atoms with Crippen LogP contribution in [0, 0.1) is 0 Å². The third kappa shape index (κ3) is 1.88. The molecule has 0 radical (unpaired) electrons. The number of carbonyl (C=O) groups excluding carboxylic acids is 1. The summed E-state index contributed by atoms with van der Waals surface area (Å²) < 4.78 is 0. The van der Waals surface area contributed by atoms with Crippen molar-refractivity contribution in [2.75, 3.05) is 5.32 Å². The molecule has 2 N–H and O–H groups in total. The van der Waals surface area contributed by atoms with Crippen LogP contribution in [0.15, 0.2) is 24.3 Å². The highest BCUT2D eigenvalue weighted by atomic mass is 16.3. The molecule has 0 spiro atoms. The fourth-order valence-corrected chi connectivity index (χ4v) is 1.95. The van der Waals surface area contributed by atoms with E-state index in [1.807, 2.05) is 31.2 Å². The number of benzene rings is 1. The molecule has 1 heterocycles. The predicted octanol–water partition coefficient (Wildman–Crippen LogP) is 1.88. The van der Waals surface area contributed by atoms with Gasteiger partial charge in [-0.25, -0.2) is 0 Å². The standard InChI is InChI=1S/C12H15NO2/c1-2-8(14)7-10-9-5-3-4-6-11(9)13-12(10)15/h3-6,8,10,14H,2,7H2,1H3,(H,13,15)/t8-,10?/m0/s1. The van der Waals surface area contributed by atoms with Gasteiger partial charge in [-0.15, -0.1) is 0 Å². The number of nitrogens with one attached hydrogen (secondary N) is 1. The Morgan fingerprint density at radius 3 is 2.93 bits per heavy atom. The Hall–Kier alpha value is -1.35. The second-order valence-electron chi connectivity index (χ2n) is 3.93. The van der Waals surface area contributed by atoms with Crippen LogP contribution in [-0.4, -0.2) is 17.1 Å². The molecule has 1 aliphatic heterocycles. The minimum atomic E-state index is -0.396. The minimum Gasteiger partial charge on any atom is -0.393 e. The number of carbonyl (C=O) groups is 1. The van der Waals surface area contributed by atoms with Gasteiger partial charge >= 0.3 is 0 Å². The van der Waals surface area contributed by atoms with Crippen LogP contribution in [0.25, 0.3) is 0 Å². The van der Waals surface area contributed by atoms with Gasteiger partial charge in [-0.05, 0) is 24.5 Å². The van der Waals surface area contributed by atoms with Gasteiger partial charge in [-0.3, -0.25) is 4.79 Å². The summed E-state index contributed by atoms with van der Waals surface area (Å²) in [6.45, 7) is 1.92. The predicted molar refractivity (Wildman–Crippen MR) is 58.7 cm³/mol. The summed E-state index contributed by atoms with van der Waals surface area (Å²) in [5.41, 5.74) is 1.89. The van der Waals surface area contributed by atoms with Crippen LogP contribution in [0.5, 0.6) is 0 Å². The van der Waals surface area contributed by atoms with E-state index in [0.29, 0.717) is 12.8 Å². The average molecular weight is 205 g/mol. The molecule has 1 aromatic carbocycles. The maximum atomic E-state index is 11.7. The van der Waals surface area contributed by atoms with Crippen molar-refractivity contribution < 1.29 is 9.90 Å². The van der Waals surface area contributed by atoms with Crippen LogP contribution >= 0.6 is 0 Å². The van der Waals surface area contributed by atoms with Gasteiger partial charge in [-0.1, -0.05) is 25.1 Å². The zero-order chi connectivity index (χ0) is 10.8. The lowest BCUT2D eigenvalue weighted by atomic mass is 9.94. The van der Waals surface area contributed by atoms with E-state index < -0.39 is 6.10 Å². The Kier molecular flexibility index (Phi) is 2.73. The molecule has 1 amide bonds. The fourth-order valence-electron chi connectivity index (χ4n) is 1.95. The third-order valence-electron chi connectivity index (χ3n) is 2.89. The summed E-state index contributed by atoms with van der Waals surface area (Å²) in [4.78, 5) is 11.7. The van der Waals surface area contributed by atoms with Crippen LogP contribution in [0.2, 0.25) is 0 Å². The van der Waals surface area contributed by atoms with Crippen LogP contribution in [0.1, 0.15) is 31.2 Å². The summed E-state index contributed by atoms with van der Waals surface area (Å²) in [7, 11) is 0. The van der Waals surface area contributed by atoms with E-state index in [9.17, 15) is 9.90 Å². The highest BCUT2D eigenvalue weighted by molar-refractivity contribution is 6.02. The van der Waals surface area contributed by atoms with E-state index in [-0.39, 0.29) is 11.8 Å². The molecule has 15 heavy (non-hydrogen) atoms. The third-order valence-corrected chi connectivity index (χ3v) is 2.89. The second-order valence-corrected chi connectivity index (χ2v) is 3.93.